The fourth-order valence-corrected chi connectivity index (χ4v) is 2.98. The predicted molar refractivity (Wildman–Crippen MR) is 115 cm³/mol. The molecule has 0 radical (unpaired) electrons. The molecule has 2 N–H and O–H groups in total. The van der Waals surface area contributed by atoms with Crippen LogP contribution < -0.4 is 10.1 Å². The quantitative estimate of drug-likeness (QED) is 0.441. The van der Waals surface area contributed by atoms with Crippen molar-refractivity contribution >= 4 is 11.8 Å². The molecule has 1 heterocycles. The second-order valence-electron chi connectivity index (χ2n) is 7.34. The highest BCUT2D eigenvalue weighted by molar-refractivity contribution is 5.94. The van der Waals surface area contributed by atoms with Crippen molar-refractivity contribution in [2.45, 2.75) is 12.8 Å². The molecule has 0 bridgehead atoms. The summed E-state index contributed by atoms with van der Waals surface area (Å²) in [4.78, 5) is 26.0. The zero-order valence-corrected chi connectivity index (χ0v) is 18.4. The van der Waals surface area contributed by atoms with Crippen LogP contribution in [0.4, 0.5) is 17.6 Å². The van der Waals surface area contributed by atoms with Crippen molar-refractivity contribution in [2.24, 2.45) is 0 Å². The molecule has 13 heteroatoms. The number of aliphatic hydroxyl groups excluding tert-OH is 1. The Balaban J connectivity index is 1.89. The van der Waals surface area contributed by atoms with Gasteiger partial charge in [-0.2, -0.15) is 13.2 Å². The van der Waals surface area contributed by atoms with Gasteiger partial charge in [0.25, 0.3) is 11.8 Å². The Kier molecular flexibility index (Phi) is 8.02. The number of ether oxygens (including phenoxy) is 1. The molecule has 3 aromatic rings. The molecule has 0 fully saturated rings. The van der Waals surface area contributed by atoms with Gasteiger partial charge in [-0.05, 0) is 36.4 Å². The lowest BCUT2D eigenvalue weighted by Gasteiger charge is -2.15. The van der Waals surface area contributed by atoms with Crippen molar-refractivity contribution < 1.29 is 37.0 Å². The van der Waals surface area contributed by atoms with Gasteiger partial charge in [-0.1, -0.05) is 11.3 Å². The Morgan fingerprint density at radius 2 is 1.89 bits per heavy atom. The van der Waals surface area contributed by atoms with E-state index < -0.39 is 30.4 Å². The first-order valence-corrected chi connectivity index (χ1v) is 10.2. The molecule has 3 rings (SSSR count). The number of likely N-dealkylation sites (N-methyl/N-ethyl adjacent to an activating group) is 1. The largest absolute Gasteiger partial charge is 0.487 e. The Hall–Kier alpha value is -4.00. The highest BCUT2D eigenvalue weighted by atomic mass is 19.4. The lowest BCUT2D eigenvalue weighted by Crippen LogP contribution is -2.33. The second kappa shape index (κ2) is 11.0. The summed E-state index contributed by atoms with van der Waals surface area (Å²) in [6.45, 7) is -1.94. The van der Waals surface area contributed by atoms with Crippen molar-refractivity contribution in [3.05, 3.63) is 71.3 Å². The second-order valence-corrected chi connectivity index (χ2v) is 7.34. The van der Waals surface area contributed by atoms with Crippen molar-refractivity contribution in [3.8, 4) is 11.4 Å². The minimum Gasteiger partial charge on any atom is -0.487 e. The average molecular weight is 495 g/mol. The number of carbonyl (C=O) groups is 2. The van der Waals surface area contributed by atoms with Crippen molar-refractivity contribution in [2.75, 3.05) is 26.7 Å². The molecule has 0 spiro atoms. The van der Waals surface area contributed by atoms with Gasteiger partial charge in [-0.15, -0.1) is 5.10 Å². The SMILES string of the molecule is CN(CCO)C(=O)c1nnn(-c2ccc(C(=O)NCC(F)(F)F)cc2)c1COc1cccc(F)c1. The molecular weight excluding hydrogens is 474 g/mol. The fraction of sp³-hybridized carbons (Fsp3) is 0.273. The minimum atomic E-state index is -4.54. The van der Waals surface area contributed by atoms with E-state index >= 15 is 0 Å². The number of hydrogen-bond acceptors (Lipinski definition) is 6. The molecule has 0 aliphatic carbocycles. The van der Waals surface area contributed by atoms with E-state index in [1.165, 1.54) is 59.1 Å². The molecule has 0 aliphatic heterocycles. The molecule has 186 valence electrons. The van der Waals surface area contributed by atoms with E-state index in [9.17, 15) is 27.2 Å². The third-order valence-corrected chi connectivity index (χ3v) is 4.74. The monoisotopic (exact) mass is 495 g/mol. The van der Waals surface area contributed by atoms with Crippen molar-refractivity contribution in [3.63, 3.8) is 0 Å². The lowest BCUT2D eigenvalue weighted by molar-refractivity contribution is -0.123. The van der Waals surface area contributed by atoms with E-state index in [4.69, 9.17) is 9.84 Å². The first kappa shape index (κ1) is 25.6. The number of hydrogen-bond donors (Lipinski definition) is 2. The van der Waals surface area contributed by atoms with Crippen molar-refractivity contribution in [1.29, 1.82) is 0 Å². The van der Waals surface area contributed by atoms with E-state index in [-0.39, 0.29) is 42.5 Å². The molecule has 1 aromatic heterocycles. The first-order chi connectivity index (χ1) is 16.6. The van der Waals surface area contributed by atoms with Gasteiger partial charge in [0, 0.05) is 25.2 Å². The topological polar surface area (TPSA) is 110 Å². The van der Waals surface area contributed by atoms with E-state index in [1.807, 2.05) is 0 Å². The molecule has 35 heavy (non-hydrogen) atoms. The number of alkyl halides is 3. The molecule has 0 atom stereocenters. The van der Waals surface area contributed by atoms with Gasteiger partial charge in [0.1, 0.15) is 30.4 Å². The Labute approximate surface area is 196 Å². The maximum atomic E-state index is 13.5. The third-order valence-electron chi connectivity index (χ3n) is 4.74. The summed E-state index contributed by atoms with van der Waals surface area (Å²) in [5.41, 5.74) is 0.434. The predicted octanol–water partition coefficient (Wildman–Crippen LogP) is 2.34. The van der Waals surface area contributed by atoms with E-state index in [1.54, 1.807) is 5.32 Å². The average Bonchev–Trinajstić information content (AvgIpc) is 3.24. The summed E-state index contributed by atoms with van der Waals surface area (Å²) < 4.78 is 57.4. The molecule has 0 aliphatic rings. The highest BCUT2D eigenvalue weighted by Gasteiger charge is 2.28. The summed E-state index contributed by atoms with van der Waals surface area (Å²) in [6.07, 6.45) is -4.54. The van der Waals surface area contributed by atoms with Gasteiger partial charge < -0.3 is 20.1 Å². The normalized spacial score (nSPS) is 11.3. The van der Waals surface area contributed by atoms with Gasteiger partial charge >= 0.3 is 6.18 Å². The van der Waals surface area contributed by atoms with Crippen LogP contribution in [0.3, 0.4) is 0 Å². The van der Waals surface area contributed by atoms with Crippen LogP contribution in [0, 0.1) is 5.82 Å². The van der Waals surface area contributed by atoms with Gasteiger partial charge in [-0.3, -0.25) is 9.59 Å². The molecule has 0 unspecified atom stereocenters. The number of amides is 2. The number of rotatable bonds is 9. The summed E-state index contributed by atoms with van der Waals surface area (Å²) in [6, 6.07) is 10.8. The zero-order valence-electron chi connectivity index (χ0n) is 18.4. The van der Waals surface area contributed by atoms with Crippen LogP contribution in [0.5, 0.6) is 5.75 Å². The number of aromatic nitrogens is 3. The highest BCUT2D eigenvalue weighted by Crippen LogP contribution is 2.20. The van der Waals surface area contributed by atoms with Gasteiger partial charge in [0.05, 0.1) is 12.3 Å². The maximum absolute atomic E-state index is 13.5. The zero-order chi connectivity index (χ0) is 25.6. The molecule has 0 saturated heterocycles. The van der Waals surface area contributed by atoms with Crippen LogP contribution >= 0.6 is 0 Å². The van der Waals surface area contributed by atoms with E-state index in [0.29, 0.717) is 5.69 Å². The summed E-state index contributed by atoms with van der Waals surface area (Å²) in [7, 11) is 1.46. The van der Waals surface area contributed by atoms with Crippen LogP contribution in [-0.2, 0) is 6.61 Å². The Morgan fingerprint density at radius 3 is 2.51 bits per heavy atom. The van der Waals surface area contributed by atoms with Crippen LogP contribution in [0.2, 0.25) is 0 Å². The smallest absolute Gasteiger partial charge is 0.405 e. The first-order valence-electron chi connectivity index (χ1n) is 10.2. The number of nitrogens with zero attached hydrogens (tertiary/aromatic N) is 4. The lowest BCUT2D eigenvalue weighted by atomic mass is 10.2. The van der Waals surface area contributed by atoms with E-state index in [2.05, 4.69) is 10.3 Å². The molecule has 9 nitrogen and oxygen atoms in total. The third kappa shape index (κ3) is 6.76. The van der Waals surface area contributed by atoms with Crippen LogP contribution in [0.15, 0.2) is 48.5 Å². The van der Waals surface area contributed by atoms with Crippen molar-refractivity contribution in [1.82, 2.24) is 25.2 Å². The number of benzene rings is 2. The number of carbonyl (C=O) groups excluding carboxylic acids is 2. The summed E-state index contributed by atoms with van der Waals surface area (Å²) >= 11 is 0. The molecule has 0 saturated carbocycles. The molecule has 2 amide bonds. The van der Waals surface area contributed by atoms with Gasteiger partial charge in [0.2, 0.25) is 0 Å². The van der Waals surface area contributed by atoms with Crippen LogP contribution in [-0.4, -0.2) is 69.7 Å². The number of nitrogens with one attached hydrogen (secondary N) is 1. The molecule has 2 aromatic carbocycles. The maximum Gasteiger partial charge on any atom is 0.405 e. The van der Waals surface area contributed by atoms with E-state index in [0.717, 1.165) is 6.07 Å². The summed E-state index contributed by atoms with van der Waals surface area (Å²) in [5.74, 6) is -1.79. The molecular formula is C22H21F4N5O4. The fourth-order valence-electron chi connectivity index (χ4n) is 2.98. The number of halogens is 4. The minimum absolute atomic E-state index is 0.0188. The van der Waals surface area contributed by atoms with Crippen LogP contribution in [0.1, 0.15) is 26.5 Å². The Morgan fingerprint density at radius 1 is 1.17 bits per heavy atom. The van der Waals surface area contributed by atoms with Gasteiger partial charge in [0.15, 0.2) is 5.69 Å². The van der Waals surface area contributed by atoms with Crippen LogP contribution in [0.25, 0.3) is 5.69 Å². The Bertz CT molecular complexity index is 1180. The number of aliphatic hydroxyl groups is 1. The van der Waals surface area contributed by atoms with Gasteiger partial charge in [-0.25, -0.2) is 9.07 Å². The standard InChI is InChI=1S/C22H21F4N5O4/c1-30(9-10-32)21(34)19-18(12-35-17-4-2-3-15(23)11-17)31(29-28-19)16-7-5-14(6-8-16)20(33)27-13-22(24,25)26/h2-8,11,32H,9-10,12-13H2,1H3,(H,27,33). The summed E-state index contributed by atoms with van der Waals surface area (Å²) in [5, 5.41) is 18.8.